The lowest BCUT2D eigenvalue weighted by Crippen LogP contribution is -2.16. The van der Waals surface area contributed by atoms with Crippen molar-refractivity contribution in [3.05, 3.63) is 29.8 Å². The third-order valence-electron chi connectivity index (χ3n) is 2.26. The van der Waals surface area contributed by atoms with Crippen molar-refractivity contribution >= 4 is 29.3 Å². The van der Waals surface area contributed by atoms with E-state index in [1.54, 1.807) is 6.92 Å². The molecular weight excluding hydrogens is 250 g/mol. The summed E-state index contributed by atoms with van der Waals surface area (Å²) in [5.41, 5.74) is 1.85. The number of hydrogen-bond donors (Lipinski definition) is 2. The Balaban J connectivity index is 2.36. The highest BCUT2D eigenvalue weighted by atomic mass is 32.2. The quantitative estimate of drug-likeness (QED) is 0.831. The van der Waals surface area contributed by atoms with Gasteiger partial charge >= 0.3 is 5.97 Å². The highest BCUT2D eigenvalue weighted by molar-refractivity contribution is 8.00. The number of carboxylic acids is 1. The number of benzene rings is 1. The Morgan fingerprint density at radius 3 is 2.78 bits per heavy atom. The molecule has 1 unspecified atom stereocenters. The van der Waals surface area contributed by atoms with Crippen LogP contribution in [0.25, 0.3) is 0 Å². The van der Waals surface area contributed by atoms with Crippen LogP contribution in [0.15, 0.2) is 24.3 Å². The van der Waals surface area contributed by atoms with Gasteiger partial charge in [0.05, 0.1) is 12.2 Å². The highest BCUT2D eigenvalue weighted by Gasteiger charge is 2.10. The van der Waals surface area contributed by atoms with Gasteiger partial charge in [-0.05, 0) is 24.6 Å². The van der Waals surface area contributed by atoms with E-state index in [2.05, 4.69) is 5.32 Å². The van der Waals surface area contributed by atoms with Crippen LogP contribution in [-0.4, -0.2) is 28.0 Å². The lowest BCUT2D eigenvalue weighted by atomic mass is 10.2. The van der Waals surface area contributed by atoms with Gasteiger partial charge in [0, 0.05) is 10.9 Å². The van der Waals surface area contributed by atoms with E-state index < -0.39 is 5.97 Å². The van der Waals surface area contributed by atoms with E-state index in [1.807, 2.05) is 31.2 Å². The Bertz CT molecular complexity index is 434. The molecule has 1 rings (SSSR count). The van der Waals surface area contributed by atoms with Gasteiger partial charge in [0.2, 0.25) is 5.91 Å². The number of rotatable bonds is 6. The molecule has 0 bridgehead atoms. The average Bonchev–Trinajstić information content (AvgIpc) is 2.25. The molecule has 0 fully saturated rings. The summed E-state index contributed by atoms with van der Waals surface area (Å²) in [5.74, 6) is -0.681. The van der Waals surface area contributed by atoms with Crippen LogP contribution >= 0.6 is 11.8 Å². The zero-order chi connectivity index (χ0) is 13.5. The molecule has 98 valence electrons. The van der Waals surface area contributed by atoms with Gasteiger partial charge in [0.1, 0.15) is 0 Å². The first-order valence-electron chi connectivity index (χ1n) is 5.67. The van der Waals surface area contributed by atoms with Crippen molar-refractivity contribution in [2.24, 2.45) is 0 Å². The minimum absolute atomic E-state index is 0.0641. The van der Waals surface area contributed by atoms with E-state index in [1.165, 1.54) is 11.8 Å². The third kappa shape index (κ3) is 5.72. The number of carbonyl (C=O) groups is 2. The smallest absolute Gasteiger partial charge is 0.304 e. The predicted molar refractivity (Wildman–Crippen MR) is 74.0 cm³/mol. The molecular formula is C13H17NO3S. The molecule has 2 N–H and O–H groups in total. The largest absolute Gasteiger partial charge is 0.481 e. The normalized spacial score (nSPS) is 11.9. The maximum Gasteiger partial charge on any atom is 0.304 e. The minimum Gasteiger partial charge on any atom is -0.481 e. The fourth-order valence-corrected chi connectivity index (χ4v) is 2.21. The van der Waals surface area contributed by atoms with Crippen LogP contribution < -0.4 is 5.32 Å². The summed E-state index contributed by atoms with van der Waals surface area (Å²) in [6, 6.07) is 7.56. The number of amides is 1. The van der Waals surface area contributed by atoms with Crippen LogP contribution in [0.3, 0.4) is 0 Å². The second kappa shape index (κ2) is 7.06. The van der Waals surface area contributed by atoms with Crippen molar-refractivity contribution in [1.29, 1.82) is 0 Å². The minimum atomic E-state index is -0.839. The molecule has 0 saturated carbocycles. The molecule has 0 saturated heterocycles. The Hall–Kier alpha value is -1.49. The van der Waals surface area contributed by atoms with Crippen molar-refractivity contribution in [2.75, 3.05) is 11.1 Å². The molecule has 4 nitrogen and oxygen atoms in total. The van der Waals surface area contributed by atoms with Gasteiger partial charge in [-0.15, -0.1) is 11.8 Å². The number of carbonyl (C=O) groups excluding carboxylic acids is 1. The fourth-order valence-electron chi connectivity index (χ4n) is 1.44. The van der Waals surface area contributed by atoms with E-state index in [0.717, 1.165) is 11.3 Å². The van der Waals surface area contributed by atoms with Crippen molar-refractivity contribution in [3.63, 3.8) is 0 Å². The van der Waals surface area contributed by atoms with Crippen LogP contribution in [0, 0.1) is 6.92 Å². The molecule has 18 heavy (non-hydrogen) atoms. The Labute approximate surface area is 111 Å². The second-order valence-corrected chi connectivity index (χ2v) is 5.56. The summed E-state index contributed by atoms with van der Waals surface area (Å²) in [6.45, 7) is 3.76. The number of nitrogens with one attached hydrogen (secondary N) is 1. The maximum absolute atomic E-state index is 11.6. The summed E-state index contributed by atoms with van der Waals surface area (Å²) in [7, 11) is 0. The molecule has 0 spiro atoms. The van der Waals surface area contributed by atoms with Gasteiger partial charge in [-0.2, -0.15) is 0 Å². The van der Waals surface area contributed by atoms with Gasteiger partial charge in [-0.3, -0.25) is 9.59 Å². The van der Waals surface area contributed by atoms with Crippen LogP contribution in [0.2, 0.25) is 0 Å². The standard InChI is InChI=1S/C13H17NO3S/c1-9-4-3-5-11(6-9)14-12(15)8-18-10(2)7-13(16)17/h3-6,10H,7-8H2,1-2H3,(H,14,15)(H,16,17). The lowest BCUT2D eigenvalue weighted by Gasteiger charge is -2.09. The molecule has 0 heterocycles. The number of carboxylic acid groups (broad SMARTS) is 1. The zero-order valence-corrected chi connectivity index (χ0v) is 11.3. The Morgan fingerprint density at radius 2 is 2.17 bits per heavy atom. The lowest BCUT2D eigenvalue weighted by molar-refractivity contribution is -0.136. The fraction of sp³-hybridized carbons (Fsp3) is 0.385. The van der Waals surface area contributed by atoms with Gasteiger partial charge in [0.15, 0.2) is 0 Å². The molecule has 0 aliphatic rings. The summed E-state index contributed by atoms with van der Waals surface area (Å²) in [4.78, 5) is 22.1. The maximum atomic E-state index is 11.6. The van der Waals surface area contributed by atoms with Crippen molar-refractivity contribution in [3.8, 4) is 0 Å². The second-order valence-electron chi connectivity index (χ2n) is 4.14. The number of thioether (sulfide) groups is 1. The molecule has 1 atom stereocenters. The molecule has 1 amide bonds. The summed E-state index contributed by atoms with van der Waals surface area (Å²) in [5, 5.41) is 11.3. The zero-order valence-electron chi connectivity index (χ0n) is 10.5. The molecule has 0 radical (unpaired) electrons. The average molecular weight is 267 g/mol. The number of aryl methyl sites for hydroxylation is 1. The van der Waals surface area contributed by atoms with Gasteiger partial charge in [-0.1, -0.05) is 19.1 Å². The van der Waals surface area contributed by atoms with E-state index in [-0.39, 0.29) is 23.3 Å². The summed E-state index contributed by atoms with van der Waals surface area (Å²) in [6.07, 6.45) is 0.0718. The first-order chi connectivity index (χ1) is 8.47. The predicted octanol–water partition coefficient (Wildman–Crippen LogP) is 2.53. The highest BCUT2D eigenvalue weighted by Crippen LogP contribution is 2.15. The van der Waals surface area contributed by atoms with Crippen LogP contribution in [-0.2, 0) is 9.59 Å². The van der Waals surface area contributed by atoms with Gasteiger partial charge in [-0.25, -0.2) is 0 Å². The molecule has 0 aromatic heterocycles. The molecule has 1 aromatic rings. The molecule has 0 aliphatic heterocycles. The van der Waals surface area contributed by atoms with Crippen molar-refractivity contribution < 1.29 is 14.7 Å². The Morgan fingerprint density at radius 1 is 1.44 bits per heavy atom. The monoisotopic (exact) mass is 267 g/mol. The SMILES string of the molecule is Cc1cccc(NC(=O)CSC(C)CC(=O)O)c1. The van der Waals surface area contributed by atoms with Crippen LogP contribution in [0.4, 0.5) is 5.69 Å². The first kappa shape index (κ1) is 14.6. The first-order valence-corrected chi connectivity index (χ1v) is 6.72. The van der Waals surface area contributed by atoms with Crippen LogP contribution in [0.1, 0.15) is 18.9 Å². The van der Waals surface area contributed by atoms with E-state index >= 15 is 0 Å². The van der Waals surface area contributed by atoms with E-state index in [9.17, 15) is 9.59 Å². The van der Waals surface area contributed by atoms with Gasteiger partial charge < -0.3 is 10.4 Å². The number of aliphatic carboxylic acids is 1. The third-order valence-corrected chi connectivity index (χ3v) is 3.43. The van der Waals surface area contributed by atoms with E-state index in [0.29, 0.717) is 0 Å². The molecule has 0 aliphatic carbocycles. The van der Waals surface area contributed by atoms with Gasteiger partial charge in [0.25, 0.3) is 0 Å². The van der Waals surface area contributed by atoms with Crippen molar-refractivity contribution in [1.82, 2.24) is 0 Å². The van der Waals surface area contributed by atoms with Crippen molar-refractivity contribution in [2.45, 2.75) is 25.5 Å². The van der Waals surface area contributed by atoms with Crippen LogP contribution in [0.5, 0.6) is 0 Å². The topological polar surface area (TPSA) is 66.4 Å². The summed E-state index contributed by atoms with van der Waals surface area (Å²) >= 11 is 1.34. The summed E-state index contributed by atoms with van der Waals surface area (Å²) < 4.78 is 0. The number of anilines is 1. The number of hydrogen-bond acceptors (Lipinski definition) is 3. The Kier molecular flexibility index (Phi) is 5.71. The molecule has 5 heteroatoms. The van der Waals surface area contributed by atoms with E-state index in [4.69, 9.17) is 5.11 Å². The molecule has 1 aromatic carbocycles.